The molecule has 1 unspecified atom stereocenters. The molecular weight excluding hydrogens is 483 g/mol. The first-order chi connectivity index (χ1) is 18.0. The number of hydrogen-bond acceptors (Lipinski definition) is 8. The zero-order valence-electron chi connectivity index (χ0n) is 20.5. The molecule has 2 amide bonds. The number of aromatic nitrogens is 4. The average molecular weight is 513 g/mol. The van der Waals surface area contributed by atoms with Crippen LogP contribution in [-0.2, 0) is 25.7 Å². The SMILES string of the molecule is CCOC(=O)CN(C(=O)Cn1nnc(-c2ccccc2F)n1)C(C(=O)NC1CCCCC1)c1ccco1. The first-order valence-electron chi connectivity index (χ1n) is 12.3. The van der Waals surface area contributed by atoms with Crippen LogP contribution in [0.3, 0.4) is 0 Å². The van der Waals surface area contributed by atoms with E-state index in [1.54, 1.807) is 25.1 Å². The molecule has 2 aromatic heterocycles. The third-order valence-corrected chi connectivity index (χ3v) is 6.09. The van der Waals surface area contributed by atoms with E-state index in [1.807, 2.05) is 0 Å². The van der Waals surface area contributed by atoms with Crippen LogP contribution in [0.4, 0.5) is 4.39 Å². The minimum atomic E-state index is -1.22. The number of ether oxygens (including phenoxy) is 1. The normalized spacial score (nSPS) is 14.6. The van der Waals surface area contributed by atoms with Gasteiger partial charge in [-0.25, -0.2) is 4.39 Å². The number of nitrogens with zero attached hydrogens (tertiary/aromatic N) is 5. The van der Waals surface area contributed by atoms with Crippen LogP contribution in [0.2, 0.25) is 0 Å². The van der Waals surface area contributed by atoms with Crippen molar-refractivity contribution in [2.24, 2.45) is 0 Å². The van der Waals surface area contributed by atoms with E-state index in [1.165, 1.54) is 24.5 Å². The summed E-state index contributed by atoms with van der Waals surface area (Å²) in [5, 5.41) is 14.8. The van der Waals surface area contributed by atoms with E-state index in [0.717, 1.165) is 41.8 Å². The largest absolute Gasteiger partial charge is 0.467 e. The minimum Gasteiger partial charge on any atom is -0.467 e. The van der Waals surface area contributed by atoms with Gasteiger partial charge in [-0.15, -0.1) is 10.2 Å². The van der Waals surface area contributed by atoms with Gasteiger partial charge in [-0.05, 0) is 49.2 Å². The molecular formula is C25H29FN6O5. The Balaban J connectivity index is 1.59. The monoisotopic (exact) mass is 512 g/mol. The number of rotatable bonds is 10. The lowest BCUT2D eigenvalue weighted by Gasteiger charge is -2.31. The lowest BCUT2D eigenvalue weighted by Crippen LogP contribution is -2.49. The molecule has 0 bridgehead atoms. The van der Waals surface area contributed by atoms with E-state index >= 15 is 0 Å². The number of tetrazole rings is 1. The van der Waals surface area contributed by atoms with Crippen molar-refractivity contribution in [1.82, 2.24) is 30.4 Å². The standard InChI is InChI=1S/C25H29FN6O5/c1-2-36-22(34)16-31(21(33)15-32-29-24(28-30-32)18-11-6-7-12-19(18)26)23(20-13-8-14-37-20)25(35)27-17-9-4-3-5-10-17/h6-8,11-14,17,23H,2-5,9-10,15-16H2,1H3,(H,27,35). The molecule has 3 aromatic rings. The lowest BCUT2D eigenvalue weighted by atomic mass is 9.95. The summed E-state index contributed by atoms with van der Waals surface area (Å²) in [5.41, 5.74) is 0.130. The van der Waals surface area contributed by atoms with Gasteiger partial charge in [-0.1, -0.05) is 31.4 Å². The van der Waals surface area contributed by atoms with Gasteiger partial charge in [0.1, 0.15) is 24.7 Å². The number of hydrogen-bond donors (Lipinski definition) is 1. The van der Waals surface area contributed by atoms with Gasteiger partial charge >= 0.3 is 5.97 Å². The molecule has 1 aliphatic rings. The highest BCUT2D eigenvalue weighted by molar-refractivity contribution is 5.90. The molecule has 1 fully saturated rings. The van der Waals surface area contributed by atoms with Gasteiger partial charge in [0.25, 0.3) is 5.91 Å². The second-order valence-electron chi connectivity index (χ2n) is 8.71. The van der Waals surface area contributed by atoms with Crippen molar-refractivity contribution in [3.63, 3.8) is 0 Å². The predicted octanol–water partition coefficient (Wildman–Crippen LogP) is 2.65. The smallest absolute Gasteiger partial charge is 0.325 e. The average Bonchev–Trinajstić information content (AvgIpc) is 3.57. The van der Waals surface area contributed by atoms with E-state index in [2.05, 4.69) is 20.7 Å². The van der Waals surface area contributed by atoms with Gasteiger partial charge in [0.2, 0.25) is 11.7 Å². The van der Waals surface area contributed by atoms with Gasteiger partial charge in [-0.3, -0.25) is 14.4 Å². The van der Waals surface area contributed by atoms with E-state index < -0.39 is 42.7 Å². The van der Waals surface area contributed by atoms with Gasteiger partial charge in [0.15, 0.2) is 6.04 Å². The van der Waals surface area contributed by atoms with Gasteiger partial charge in [0, 0.05) is 6.04 Å². The highest BCUT2D eigenvalue weighted by Gasteiger charge is 2.36. The predicted molar refractivity (Wildman–Crippen MR) is 128 cm³/mol. The maximum Gasteiger partial charge on any atom is 0.325 e. The van der Waals surface area contributed by atoms with Crippen molar-refractivity contribution >= 4 is 17.8 Å². The third kappa shape index (κ3) is 6.57. The summed E-state index contributed by atoms with van der Waals surface area (Å²) < 4.78 is 24.7. The molecule has 2 heterocycles. The highest BCUT2D eigenvalue weighted by Crippen LogP contribution is 2.25. The summed E-state index contributed by atoms with van der Waals surface area (Å²) >= 11 is 0. The second kappa shape index (κ2) is 12.2. The third-order valence-electron chi connectivity index (χ3n) is 6.09. The number of carbonyl (C=O) groups excluding carboxylic acids is 3. The Kier molecular flexibility index (Phi) is 8.60. The van der Waals surface area contributed by atoms with Crippen LogP contribution in [0, 0.1) is 5.82 Å². The van der Waals surface area contributed by atoms with E-state index in [-0.39, 0.29) is 29.8 Å². The first kappa shape index (κ1) is 26.0. The number of halogens is 1. The minimum absolute atomic E-state index is 0.000434. The molecule has 0 spiro atoms. The molecule has 0 radical (unpaired) electrons. The van der Waals surface area contributed by atoms with Crippen molar-refractivity contribution in [2.75, 3.05) is 13.2 Å². The van der Waals surface area contributed by atoms with E-state index in [4.69, 9.17) is 9.15 Å². The van der Waals surface area contributed by atoms with Gasteiger partial charge in [0.05, 0.1) is 18.4 Å². The zero-order chi connectivity index (χ0) is 26.2. The maximum absolute atomic E-state index is 14.1. The Labute approximate surface area is 213 Å². The maximum atomic E-state index is 14.1. The molecule has 1 atom stereocenters. The van der Waals surface area contributed by atoms with Crippen molar-refractivity contribution in [3.05, 3.63) is 54.2 Å². The van der Waals surface area contributed by atoms with Crippen molar-refractivity contribution in [3.8, 4) is 11.4 Å². The fourth-order valence-corrected chi connectivity index (χ4v) is 4.34. The van der Waals surface area contributed by atoms with Crippen LogP contribution in [0.5, 0.6) is 0 Å². The molecule has 4 rings (SSSR count). The Morgan fingerprint density at radius 2 is 1.97 bits per heavy atom. The number of benzene rings is 1. The summed E-state index contributed by atoms with van der Waals surface area (Å²) in [6.45, 7) is 0.810. The number of esters is 1. The molecule has 12 heteroatoms. The van der Waals surface area contributed by atoms with Crippen LogP contribution < -0.4 is 5.32 Å². The van der Waals surface area contributed by atoms with E-state index in [0.29, 0.717) is 0 Å². The highest BCUT2D eigenvalue weighted by atomic mass is 19.1. The quantitative estimate of drug-likeness (QED) is 0.410. The van der Waals surface area contributed by atoms with Crippen LogP contribution >= 0.6 is 0 Å². The summed E-state index contributed by atoms with van der Waals surface area (Å²) in [4.78, 5) is 41.5. The van der Waals surface area contributed by atoms with Crippen molar-refractivity contribution < 1.29 is 27.9 Å². The summed E-state index contributed by atoms with van der Waals surface area (Å²) in [6, 6.07) is 7.85. The zero-order valence-corrected chi connectivity index (χ0v) is 20.5. The summed E-state index contributed by atoms with van der Waals surface area (Å²) in [7, 11) is 0. The Bertz CT molecular complexity index is 1210. The molecule has 1 aliphatic carbocycles. The van der Waals surface area contributed by atoms with Crippen LogP contribution in [0.1, 0.15) is 50.8 Å². The number of amides is 2. The Hall–Kier alpha value is -4.09. The van der Waals surface area contributed by atoms with Gasteiger partial charge < -0.3 is 19.4 Å². The Morgan fingerprint density at radius 3 is 2.68 bits per heavy atom. The van der Waals surface area contributed by atoms with Crippen LogP contribution in [-0.4, -0.2) is 62.1 Å². The molecule has 0 saturated heterocycles. The number of nitrogens with one attached hydrogen (secondary N) is 1. The Morgan fingerprint density at radius 1 is 1.19 bits per heavy atom. The van der Waals surface area contributed by atoms with Crippen LogP contribution in [0.25, 0.3) is 11.4 Å². The van der Waals surface area contributed by atoms with Crippen molar-refractivity contribution in [2.45, 2.75) is 57.7 Å². The first-order valence-corrected chi connectivity index (χ1v) is 12.3. The summed E-state index contributed by atoms with van der Waals surface area (Å²) in [6.07, 6.45) is 6.19. The molecule has 11 nitrogen and oxygen atoms in total. The van der Waals surface area contributed by atoms with E-state index in [9.17, 15) is 18.8 Å². The molecule has 1 saturated carbocycles. The topological polar surface area (TPSA) is 132 Å². The fourth-order valence-electron chi connectivity index (χ4n) is 4.34. The van der Waals surface area contributed by atoms with Gasteiger partial charge in [-0.2, -0.15) is 4.80 Å². The van der Waals surface area contributed by atoms with Crippen molar-refractivity contribution in [1.29, 1.82) is 0 Å². The lowest BCUT2D eigenvalue weighted by molar-refractivity contribution is -0.153. The number of carbonyl (C=O) groups is 3. The molecule has 1 N–H and O–H groups in total. The molecule has 1 aromatic carbocycles. The molecule has 0 aliphatic heterocycles. The number of furan rings is 1. The molecule has 37 heavy (non-hydrogen) atoms. The summed E-state index contributed by atoms with van der Waals surface area (Å²) in [5.74, 6) is -2.13. The fraction of sp³-hybridized carbons (Fsp3) is 0.440. The molecule has 196 valence electrons. The van der Waals surface area contributed by atoms with Crippen LogP contribution in [0.15, 0.2) is 47.1 Å². The second-order valence-corrected chi connectivity index (χ2v) is 8.71.